The van der Waals surface area contributed by atoms with Gasteiger partial charge in [-0.3, -0.25) is 4.79 Å². The highest BCUT2D eigenvalue weighted by Gasteiger charge is 2.10. The first kappa shape index (κ1) is 13.0. The number of carbonyl (C=O) groups is 1. The van der Waals surface area contributed by atoms with Crippen LogP contribution < -0.4 is 9.47 Å². The number of rotatable bonds is 3. The van der Waals surface area contributed by atoms with E-state index in [-0.39, 0.29) is 17.2 Å². The molecule has 98 valence electrons. The first-order chi connectivity index (χ1) is 9.06. The molecule has 19 heavy (non-hydrogen) atoms. The third kappa shape index (κ3) is 3.28. The van der Waals surface area contributed by atoms with Crippen molar-refractivity contribution >= 4 is 5.97 Å². The predicted octanol–water partition coefficient (Wildman–Crippen LogP) is 3.68. The lowest BCUT2D eigenvalue weighted by Gasteiger charge is -2.08. The molecule has 0 aliphatic rings. The highest BCUT2D eigenvalue weighted by atomic mass is 19.2. The molecule has 0 N–H and O–H groups in total. The summed E-state index contributed by atoms with van der Waals surface area (Å²) >= 11 is 0. The molecule has 0 amide bonds. The van der Waals surface area contributed by atoms with Crippen molar-refractivity contribution in [3.05, 3.63) is 54.1 Å². The van der Waals surface area contributed by atoms with Crippen LogP contribution in [0.3, 0.4) is 0 Å². The van der Waals surface area contributed by atoms with Crippen molar-refractivity contribution in [2.24, 2.45) is 0 Å². The van der Waals surface area contributed by atoms with E-state index in [1.807, 2.05) is 0 Å². The van der Waals surface area contributed by atoms with Gasteiger partial charge in [0, 0.05) is 13.0 Å². The molecular weight excluding hydrogens is 254 g/mol. The molecule has 0 heterocycles. The third-order valence-corrected chi connectivity index (χ3v) is 2.21. The molecule has 0 aromatic heterocycles. The summed E-state index contributed by atoms with van der Waals surface area (Å²) in [4.78, 5) is 10.8. The number of hydrogen-bond donors (Lipinski definition) is 0. The molecule has 0 saturated heterocycles. The number of esters is 1. The average molecular weight is 264 g/mol. The SMILES string of the molecule is CC(=O)Oc1cccc(Oc2cccc(F)c2F)c1. The van der Waals surface area contributed by atoms with Gasteiger partial charge >= 0.3 is 5.97 Å². The highest BCUT2D eigenvalue weighted by Crippen LogP contribution is 2.28. The van der Waals surface area contributed by atoms with Crippen LogP contribution in [0, 0.1) is 11.6 Å². The maximum Gasteiger partial charge on any atom is 0.308 e. The molecule has 2 rings (SSSR count). The third-order valence-electron chi connectivity index (χ3n) is 2.21. The second-order valence-corrected chi connectivity index (χ2v) is 3.72. The normalized spacial score (nSPS) is 10.1. The molecule has 0 spiro atoms. The smallest absolute Gasteiger partial charge is 0.308 e. The number of hydrogen-bond acceptors (Lipinski definition) is 3. The molecule has 0 radical (unpaired) electrons. The summed E-state index contributed by atoms with van der Waals surface area (Å²) in [5.74, 6) is -2.27. The Kier molecular flexibility index (Phi) is 3.75. The lowest BCUT2D eigenvalue weighted by molar-refractivity contribution is -0.131. The molecule has 3 nitrogen and oxygen atoms in total. The van der Waals surface area contributed by atoms with Gasteiger partial charge in [0.1, 0.15) is 11.5 Å². The lowest BCUT2D eigenvalue weighted by Crippen LogP contribution is -2.01. The minimum absolute atomic E-state index is 0.236. The predicted molar refractivity (Wildman–Crippen MR) is 64.2 cm³/mol. The summed E-state index contributed by atoms with van der Waals surface area (Å²) in [5.41, 5.74) is 0. The van der Waals surface area contributed by atoms with Gasteiger partial charge in [0.25, 0.3) is 0 Å². The maximum absolute atomic E-state index is 13.4. The maximum atomic E-state index is 13.4. The Balaban J connectivity index is 2.23. The van der Waals surface area contributed by atoms with E-state index in [0.717, 1.165) is 6.07 Å². The number of ether oxygens (including phenoxy) is 2. The Morgan fingerprint density at radius 2 is 1.74 bits per heavy atom. The van der Waals surface area contributed by atoms with Gasteiger partial charge in [-0.2, -0.15) is 4.39 Å². The van der Waals surface area contributed by atoms with E-state index >= 15 is 0 Å². The van der Waals surface area contributed by atoms with Crippen LogP contribution in [0.2, 0.25) is 0 Å². The fourth-order valence-corrected chi connectivity index (χ4v) is 1.46. The minimum atomic E-state index is -1.07. The Bertz CT molecular complexity index is 611. The van der Waals surface area contributed by atoms with Crippen molar-refractivity contribution in [2.45, 2.75) is 6.92 Å². The minimum Gasteiger partial charge on any atom is -0.454 e. The highest BCUT2D eigenvalue weighted by molar-refractivity contribution is 5.69. The van der Waals surface area contributed by atoms with Crippen LogP contribution in [0.4, 0.5) is 8.78 Å². The fraction of sp³-hybridized carbons (Fsp3) is 0.0714. The zero-order valence-corrected chi connectivity index (χ0v) is 10.0. The van der Waals surface area contributed by atoms with E-state index in [9.17, 15) is 13.6 Å². The van der Waals surface area contributed by atoms with Crippen LogP contribution in [0.15, 0.2) is 42.5 Å². The van der Waals surface area contributed by atoms with Gasteiger partial charge in [-0.25, -0.2) is 4.39 Å². The molecule has 0 unspecified atom stereocenters. The molecule has 2 aromatic rings. The van der Waals surface area contributed by atoms with Crippen molar-refractivity contribution in [2.75, 3.05) is 0 Å². The summed E-state index contributed by atoms with van der Waals surface area (Å²) in [6, 6.07) is 9.71. The van der Waals surface area contributed by atoms with Gasteiger partial charge in [0.2, 0.25) is 5.82 Å². The van der Waals surface area contributed by atoms with E-state index in [2.05, 4.69) is 0 Å². The van der Waals surface area contributed by atoms with Gasteiger partial charge in [0.15, 0.2) is 11.6 Å². The average Bonchev–Trinajstić information content (AvgIpc) is 2.35. The van der Waals surface area contributed by atoms with Crippen LogP contribution in [-0.4, -0.2) is 5.97 Å². The Morgan fingerprint density at radius 3 is 2.47 bits per heavy atom. The summed E-state index contributed by atoms with van der Waals surface area (Å²) in [6.07, 6.45) is 0. The largest absolute Gasteiger partial charge is 0.454 e. The summed E-state index contributed by atoms with van der Waals surface area (Å²) in [6.45, 7) is 1.26. The van der Waals surface area contributed by atoms with Gasteiger partial charge in [0.05, 0.1) is 0 Å². The van der Waals surface area contributed by atoms with E-state index in [4.69, 9.17) is 9.47 Å². The van der Waals surface area contributed by atoms with Crippen LogP contribution >= 0.6 is 0 Å². The Hall–Kier alpha value is -2.43. The van der Waals surface area contributed by atoms with Crippen LogP contribution in [0.5, 0.6) is 17.2 Å². The molecule has 0 aliphatic carbocycles. The van der Waals surface area contributed by atoms with Crippen molar-refractivity contribution in [3.8, 4) is 17.2 Å². The molecule has 0 atom stereocenters. The monoisotopic (exact) mass is 264 g/mol. The number of carbonyl (C=O) groups excluding carboxylic acids is 1. The molecule has 5 heteroatoms. The van der Waals surface area contributed by atoms with Crippen molar-refractivity contribution in [1.29, 1.82) is 0 Å². The van der Waals surface area contributed by atoms with E-state index < -0.39 is 17.6 Å². The molecule has 0 bridgehead atoms. The van der Waals surface area contributed by atoms with Crippen LogP contribution in [0.25, 0.3) is 0 Å². The first-order valence-corrected chi connectivity index (χ1v) is 5.46. The van der Waals surface area contributed by atoms with E-state index in [1.165, 1.54) is 31.2 Å². The second-order valence-electron chi connectivity index (χ2n) is 3.72. The summed E-state index contributed by atoms with van der Waals surface area (Å²) < 4.78 is 36.5. The van der Waals surface area contributed by atoms with Gasteiger partial charge < -0.3 is 9.47 Å². The van der Waals surface area contributed by atoms with Gasteiger partial charge in [-0.1, -0.05) is 12.1 Å². The van der Waals surface area contributed by atoms with Crippen molar-refractivity contribution in [3.63, 3.8) is 0 Å². The zero-order chi connectivity index (χ0) is 13.8. The quantitative estimate of drug-likeness (QED) is 0.626. The van der Waals surface area contributed by atoms with E-state index in [1.54, 1.807) is 12.1 Å². The molecule has 0 fully saturated rings. The molecule has 0 saturated carbocycles. The molecule has 0 aliphatic heterocycles. The van der Waals surface area contributed by atoms with Crippen molar-refractivity contribution < 1.29 is 23.0 Å². The molecular formula is C14H10F2O3. The van der Waals surface area contributed by atoms with Gasteiger partial charge in [-0.05, 0) is 24.3 Å². The van der Waals surface area contributed by atoms with Gasteiger partial charge in [-0.15, -0.1) is 0 Å². The summed E-state index contributed by atoms with van der Waals surface area (Å²) in [5, 5.41) is 0. The van der Waals surface area contributed by atoms with Crippen LogP contribution in [0.1, 0.15) is 6.92 Å². The van der Waals surface area contributed by atoms with E-state index in [0.29, 0.717) is 0 Å². The second kappa shape index (κ2) is 5.48. The number of benzene rings is 2. The fourth-order valence-electron chi connectivity index (χ4n) is 1.46. The van der Waals surface area contributed by atoms with Crippen LogP contribution in [-0.2, 0) is 4.79 Å². The topological polar surface area (TPSA) is 35.5 Å². The number of halogens is 2. The standard InChI is InChI=1S/C14H10F2O3/c1-9(17)18-10-4-2-5-11(8-10)19-13-7-3-6-12(15)14(13)16/h2-8H,1H3. The molecule has 2 aromatic carbocycles. The Labute approximate surface area is 108 Å². The Morgan fingerprint density at radius 1 is 1.05 bits per heavy atom. The lowest BCUT2D eigenvalue weighted by atomic mass is 10.3. The van der Waals surface area contributed by atoms with Crippen molar-refractivity contribution in [1.82, 2.24) is 0 Å². The zero-order valence-electron chi connectivity index (χ0n) is 10.0. The summed E-state index contributed by atoms with van der Waals surface area (Å²) in [7, 11) is 0. The first-order valence-electron chi connectivity index (χ1n) is 5.46.